The van der Waals surface area contributed by atoms with E-state index in [1.807, 2.05) is 11.3 Å². The van der Waals surface area contributed by atoms with Crippen LogP contribution in [-0.4, -0.2) is 11.5 Å². The van der Waals surface area contributed by atoms with Crippen molar-refractivity contribution in [2.45, 2.75) is 71.3 Å². The summed E-state index contributed by atoms with van der Waals surface area (Å²) in [6.45, 7) is 8.24. The van der Waals surface area contributed by atoms with Gasteiger partial charge in [0, 0.05) is 4.88 Å². The first-order valence-corrected chi connectivity index (χ1v) is 9.23. The van der Waals surface area contributed by atoms with Crippen LogP contribution < -0.4 is 5.32 Å². The molecule has 0 radical (unpaired) electrons. The fraction of sp³-hybridized carbons (Fsp3) is 0.824. The van der Waals surface area contributed by atoms with Crippen LogP contribution >= 0.6 is 11.3 Å². The van der Waals surface area contributed by atoms with Crippen molar-refractivity contribution < 1.29 is 0 Å². The number of hydrogen-bond donors (Lipinski definition) is 1. The van der Waals surface area contributed by atoms with Gasteiger partial charge in [-0.3, -0.25) is 0 Å². The first kappa shape index (κ1) is 14.5. The zero-order chi connectivity index (χ0) is 14.2. The molecule has 1 heterocycles. The highest BCUT2D eigenvalue weighted by molar-refractivity contribution is 7.12. The minimum absolute atomic E-state index is 0.155. The second-order valence-electron chi connectivity index (χ2n) is 6.80. The van der Waals surface area contributed by atoms with E-state index in [2.05, 4.69) is 26.1 Å². The molecule has 0 amide bonds. The molecule has 2 aliphatic rings. The monoisotopic (exact) mass is 292 g/mol. The summed E-state index contributed by atoms with van der Waals surface area (Å²) in [4.78, 5) is 6.65. The summed E-state index contributed by atoms with van der Waals surface area (Å²) in [5.74, 6) is 1.49. The Balaban J connectivity index is 1.95. The van der Waals surface area contributed by atoms with Crippen molar-refractivity contribution in [3.63, 3.8) is 0 Å². The Morgan fingerprint density at radius 1 is 1.30 bits per heavy atom. The van der Waals surface area contributed by atoms with Crippen molar-refractivity contribution in [3.05, 3.63) is 15.6 Å². The molecule has 0 bridgehead atoms. The van der Waals surface area contributed by atoms with Gasteiger partial charge in [0.05, 0.1) is 11.2 Å². The lowest BCUT2D eigenvalue weighted by Crippen LogP contribution is -2.52. The van der Waals surface area contributed by atoms with Gasteiger partial charge in [0.15, 0.2) is 0 Å². The average molecular weight is 292 g/mol. The Morgan fingerprint density at radius 2 is 2.15 bits per heavy atom. The third kappa shape index (κ3) is 2.33. The summed E-state index contributed by atoms with van der Waals surface area (Å²) in [5.41, 5.74) is 1.57. The minimum Gasteiger partial charge on any atom is -0.305 e. The van der Waals surface area contributed by atoms with Crippen molar-refractivity contribution in [3.8, 4) is 0 Å². The van der Waals surface area contributed by atoms with E-state index in [-0.39, 0.29) is 5.54 Å². The lowest BCUT2D eigenvalue weighted by molar-refractivity contribution is 0.103. The summed E-state index contributed by atoms with van der Waals surface area (Å²) in [5, 5.41) is 5.32. The highest BCUT2D eigenvalue weighted by Gasteiger charge is 2.45. The number of aryl methyl sites for hydroxylation is 2. The molecule has 3 rings (SSSR count). The van der Waals surface area contributed by atoms with Crippen LogP contribution in [0.3, 0.4) is 0 Å². The van der Waals surface area contributed by atoms with Crippen molar-refractivity contribution in [2.24, 2.45) is 11.8 Å². The SMILES string of the molecule is CCCNC1(c2nc3c(s2)CCC3)CCCC(C)C1C. The Kier molecular flexibility index (Phi) is 4.19. The Bertz CT molecular complexity index is 446. The summed E-state index contributed by atoms with van der Waals surface area (Å²) in [7, 11) is 0. The molecule has 1 aromatic heterocycles. The van der Waals surface area contributed by atoms with E-state index in [0.29, 0.717) is 5.92 Å². The van der Waals surface area contributed by atoms with Crippen molar-refractivity contribution in [2.75, 3.05) is 6.54 Å². The Labute approximate surface area is 127 Å². The molecule has 1 N–H and O–H groups in total. The van der Waals surface area contributed by atoms with Gasteiger partial charge in [-0.25, -0.2) is 4.98 Å². The maximum atomic E-state index is 5.08. The van der Waals surface area contributed by atoms with Crippen molar-refractivity contribution >= 4 is 11.3 Å². The van der Waals surface area contributed by atoms with Gasteiger partial charge in [0.2, 0.25) is 0 Å². The Morgan fingerprint density at radius 3 is 2.90 bits per heavy atom. The van der Waals surface area contributed by atoms with E-state index in [9.17, 15) is 0 Å². The molecule has 0 spiro atoms. The largest absolute Gasteiger partial charge is 0.305 e. The van der Waals surface area contributed by atoms with Gasteiger partial charge in [0.25, 0.3) is 0 Å². The maximum absolute atomic E-state index is 5.08. The van der Waals surface area contributed by atoms with Gasteiger partial charge >= 0.3 is 0 Å². The number of hydrogen-bond acceptors (Lipinski definition) is 3. The molecule has 20 heavy (non-hydrogen) atoms. The van der Waals surface area contributed by atoms with E-state index in [0.717, 1.165) is 12.5 Å². The van der Waals surface area contributed by atoms with Gasteiger partial charge in [-0.1, -0.05) is 33.6 Å². The molecule has 0 aromatic carbocycles. The predicted octanol–water partition coefficient (Wildman–Crippen LogP) is 4.28. The number of thiazole rings is 1. The van der Waals surface area contributed by atoms with Crippen LogP contribution in [0.5, 0.6) is 0 Å². The number of nitrogens with zero attached hydrogens (tertiary/aromatic N) is 1. The van der Waals surface area contributed by atoms with Gasteiger partial charge < -0.3 is 5.32 Å². The van der Waals surface area contributed by atoms with Crippen LogP contribution in [0.4, 0.5) is 0 Å². The average Bonchev–Trinajstić information content (AvgIpc) is 3.02. The topological polar surface area (TPSA) is 24.9 Å². The zero-order valence-corrected chi connectivity index (χ0v) is 14.0. The number of fused-ring (bicyclic) bond motifs is 1. The first-order valence-electron chi connectivity index (χ1n) is 8.41. The molecular formula is C17H28N2S. The highest BCUT2D eigenvalue weighted by atomic mass is 32.1. The van der Waals surface area contributed by atoms with Crippen LogP contribution in [0, 0.1) is 11.8 Å². The predicted molar refractivity (Wildman–Crippen MR) is 86.3 cm³/mol. The summed E-state index contributed by atoms with van der Waals surface area (Å²) in [6.07, 6.45) is 8.98. The standard InChI is InChI=1S/C17H28N2S/c1-4-11-18-17(10-6-7-12(2)13(17)3)16-19-14-8-5-9-15(14)20-16/h12-13,18H,4-11H2,1-3H3. The highest BCUT2D eigenvalue weighted by Crippen LogP contribution is 2.47. The van der Waals surface area contributed by atoms with Gasteiger partial charge in [0.1, 0.15) is 5.01 Å². The Hall–Kier alpha value is -0.410. The van der Waals surface area contributed by atoms with Crippen LogP contribution in [0.15, 0.2) is 0 Å². The van der Waals surface area contributed by atoms with Crippen LogP contribution in [-0.2, 0) is 18.4 Å². The summed E-state index contributed by atoms with van der Waals surface area (Å²) < 4.78 is 0. The third-order valence-corrected chi connectivity index (χ3v) is 6.86. The molecule has 112 valence electrons. The second-order valence-corrected chi connectivity index (χ2v) is 7.88. The molecule has 0 aliphatic heterocycles. The second kappa shape index (κ2) is 5.76. The first-order chi connectivity index (χ1) is 9.67. The quantitative estimate of drug-likeness (QED) is 0.896. The van der Waals surface area contributed by atoms with Crippen molar-refractivity contribution in [1.82, 2.24) is 10.3 Å². The smallest absolute Gasteiger partial charge is 0.114 e. The summed E-state index contributed by atoms with van der Waals surface area (Å²) >= 11 is 2.01. The molecule has 2 nitrogen and oxygen atoms in total. The number of nitrogens with one attached hydrogen (secondary N) is 1. The molecule has 2 aliphatic carbocycles. The lowest BCUT2D eigenvalue weighted by Gasteiger charge is -2.45. The fourth-order valence-electron chi connectivity index (χ4n) is 4.02. The lowest BCUT2D eigenvalue weighted by atomic mass is 9.68. The maximum Gasteiger partial charge on any atom is 0.114 e. The minimum atomic E-state index is 0.155. The third-order valence-electron chi connectivity index (χ3n) is 5.53. The van der Waals surface area contributed by atoms with E-state index in [1.165, 1.54) is 55.6 Å². The molecule has 1 aromatic rings. The number of aromatic nitrogens is 1. The van der Waals surface area contributed by atoms with Crippen LogP contribution in [0.1, 0.15) is 68.5 Å². The molecule has 1 saturated carbocycles. The van der Waals surface area contributed by atoms with Crippen LogP contribution in [0.2, 0.25) is 0 Å². The van der Waals surface area contributed by atoms with Gasteiger partial charge in [-0.05, 0) is 50.5 Å². The number of rotatable bonds is 4. The van der Waals surface area contributed by atoms with E-state index in [4.69, 9.17) is 4.98 Å². The summed E-state index contributed by atoms with van der Waals surface area (Å²) in [6, 6.07) is 0. The van der Waals surface area contributed by atoms with E-state index >= 15 is 0 Å². The van der Waals surface area contributed by atoms with Gasteiger partial charge in [-0.2, -0.15) is 0 Å². The molecule has 3 unspecified atom stereocenters. The normalized spacial score (nSPS) is 33.4. The van der Waals surface area contributed by atoms with Crippen LogP contribution in [0.25, 0.3) is 0 Å². The van der Waals surface area contributed by atoms with Gasteiger partial charge in [-0.15, -0.1) is 11.3 Å². The molecule has 3 atom stereocenters. The van der Waals surface area contributed by atoms with E-state index in [1.54, 1.807) is 4.88 Å². The van der Waals surface area contributed by atoms with E-state index < -0.39 is 0 Å². The molecule has 3 heteroatoms. The zero-order valence-electron chi connectivity index (χ0n) is 13.2. The molecular weight excluding hydrogens is 264 g/mol. The molecule has 1 fully saturated rings. The fourth-order valence-corrected chi connectivity index (χ4v) is 5.47. The van der Waals surface area contributed by atoms with Crippen molar-refractivity contribution in [1.29, 1.82) is 0 Å². The molecule has 0 saturated heterocycles.